The summed E-state index contributed by atoms with van der Waals surface area (Å²) in [5.41, 5.74) is 2.70. The van der Waals surface area contributed by atoms with Crippen LogP contribution in [0.5, 0.6) is 0 Å². The van der Waals surface area contributed by atoms with Crippen molar-refractivity contribution in [3.05, 3.63) is 30.3 Å². The summed E-state index contributed by atoms with van der Waals surface area (Å²) in [5, 5.41) is 3.77. The Bertz CT molecular complexity index is 285. The normalized spacial score (nSPS) is 12.2. The number of para-hydroxylation sites is 1. The summed E-state index contributed by atoms with van der Waals surface area (Å²) in [5.74, 6) is 0. The summed E-state index contributed by atoms with van der Waals surface area (Å²) in [6.45, 7) is 11.7. The van der Waals surface area contributed by atoms with Crippen molar-refractivity contribution in [2.24, 2.45) is 0 Å². The predicted octanol–water partition coefficient (Wildman–Crippen LogP) is 4.48. The van der Waals surface area contributed by atoms with Crippen molar-refractivity contribution in [1.82, 2.24) is 0 Å². The fourth-order valence-corrected chi connectivity index (χ4v) is 4.06. The lowest BCUT2D eigenvalue weighted by Gasteiger charge is -2.31. The molecule has 0 saturated heterocycles. The maximum atomic E-state index is 3.77. The molecule has 0 bridgehead atoms. The van der Waals surface area contributed by atoms with E-state index in [1.54, 1.807) is 0 Å². The van der Waals surface area contributed by atoms with Crippen LogP contribution in [-0.4, -0.2) is 18.0 Å². The fraction of sp³-hybridized carbons (Fsp3) is 0.538. The van der Waals surface area contributed by atoms with E-state index in [2.05, 4.69) is 69.8 Å². The molecule has 0 atom stereocenters. The molecule has 0 aromatic heterocycles. The zero-order valence-electron chi connectivity index (χ0n) is 10.5. The molecule has 2 heteroatoms. The summed E-state index contributed by atoms with van der Waals surface area (Å²) in [6, 6.07) is 10.6. The highest BCUT2D eigenvalue weighted by atomic mass is 31.2. The Morgan fingerprint density at radius 1 is 0.933 bits per heavy atom. The molecular weight excluding hydrogens is 201 g/mol. The number of hydrogen-bond donors (Lipinski definition) is 1. The molecule has 84 valence electrons. The molecule has 0 saturated carbocycles. The first-order chi connectivity index (χ1) is 6.97. The van der Waals surface area contributed by atoms with Crippen LogP contribution in [0.3, 0.4) is 0 Å². The van der Waals surface area contributed by atoms with E-state index in [1.807, 2.05) is 0 Å². The summed E-state index contributed by atoms with van der Waals surface area (Å²) in [6.07, 6.45) is 0. The minimum atomic E-state index is -1.09. The predicted molar refractivity (Wildman–Crippen MR) is 73.2 cm³/mol. The standard InChI is InChI=1S/C13H23NP/c1-11(2)15(5,12(3)4)14-13-9-7-6-8-10-13/h6-12,14H,1-5H3/q+1. The molecule has 15 heavy (non-hydrogen) atoms. The van der Waals surface area contributed by atoms with E-state index in [4.69, 9.17) is 0 Å². The van der Waals surface area contributed by atoms with Crippen LogP contribution in [0.1, 0.15) is 27.7 Å². The van der Waals surface area contributed by atoms with Crippen LogP contribution in [0.25, 0.3) is 0 Å². The van der Waals surface area contributed by atoms with E-state index >= 15 is 0 Å². The average molecular weight is 224 g/mol. The number of anilines is 1. The molecule has 0 unspecified atom stereocenters. The van der Waals surface area contributed by atoms with Gasteiger partial charge < -0.3 is 0 Å². The monoisotopic (exact) mass is 224 g/mol. The Balaban J connectivity index is 2.85. The Morgan fingerprint density at radius 3 is 1.80 bits per heavy atom. The fourth-order valence-electron chi connectivity index (χ4n) is 1.65. The van der Waals surface area contributed by atoms with E-state index < -0.39 is 7.41 Å². The van der Waals surface area contributed by atoms with Crippen molar-refractivity contribution in [3.63, 3.8) is 0 Å². The van der Waals surface area contributed by atoms with Crippen LogP contribution in [-0.2, 0) is 0 Å². The van der Waals surface area contributed by atoms with Gasteiger partial charge in [-0.3, -0.25) is 5.09 Å². The molecule has 1 rings (SSSR count). The van der Waals surface area contributed by atoms with Crippen molar-refractivity contribution >= 4 is 13.1 Å². The van der Waals surface area contributed by atoms with Crippen molar-refractivity contribution in [2.45, 2.75) is 39.0 Å². The van der Waals surface area contributed by atoms with Crippen LogP contribution in [0.2, 0.25) is 0 Å². The highest BCUT2D eigenvalue weighted by molar-refractivity contribution is 7.77. The van der Waals surface area contributed by atoms with Crippen LogP contribution >= 0.6 is 7.41 Å². The van der Waals surface area contributed by atoms with Gasteiger partial charge in [0.05, 0.1) is 23.7 Å². The molecule has 0 amide bonds. The Morgan fingerprint density at radius 2 is 1.40 bits per heavy atom. The maximum absolute atomic E-state index is 3.77. The lowest BCUT2D eigenvalue weighted by molar-refractivity contribution is 0.989. The molecule has 0 radical (unpaired) electrons. The van der Waals surface area contributed by atoms with Gasteiger partial charge in [-0.25, -0.2) is 0 Å². The molecule has 0 aliphatic heterocycles. The highest BCUT2D eigenvalue weighted by Crippen LogP contribution is 2.62. The molecule has 0 aliphatic carbocycles. The van der Waals surface area contributed by atoms with Gasteiger partial charge in [-0.05, 0) is 39.8 Å². The zero-order valence-corrected chi connectivity index (χ0v) is 11.4. The van der Waals surface area contributed by atoms with E-state index in [-0.39, 0.29) is 0 Å². The molecule has 1 aromatic carbocycles. The van der Waals surface area contributed by atoms with Crippen molar-refractivity contribution in [2.75, 3.05) is 11.8 Å². The smallest absolute Gasteiger partial charge is 0.104 e. The molecule has 0 spiro atoms. The van der Waals surface area contributed by atoms with E-state index in [0.29, 0.717) is 0 Å². The van der Waals surface area contributed by atoms with Gasteiger partial charge in [0.2, 0.25) is 0 Å². The number of hydrogen-bond acceptors (Lipinski definition) is 1. The van der Waals surface area contributed by atoms with Crippen molar-refractivity contribution in [3.8, 4) is 0 Å². The van der Waals surface area contributed by atoms with Gasteiger partial charge >= 0.3 is 0 Å². The Hall–Kier alpha value is -0.550. The van der Waals surface area contributed by atoms with Gasteiger partial charge in [0, 0.05) is 0 Å². The third-order valence-corrected chi connectivity index (χ3v) is 8.32. The second-order valence-electron chi connectivity index (χ2n) is 4.81. The van der Waals surface area contributed by atoms with E-state index in [0.717, 1.165) is 11.3 Å². The number of benzene rings is 1. The van der Waals surface area contributed by atoms with Crippen molar-refractivity contribution < 1.29 is 0 Å². The molecular formula is C13H23NP+. The number of rotatable bonds is 4. The zero-order chi connectivity index (χ0) is 11.5. The third-order valence-electron chi connectivity index (χ3n) is 3.29. The Labute approximate surface area is 94.7 Å². The van der Waals surface area contributed by atoms with Gasteiger partial charge in [-0.2, -0.15) is 0 Å². The molecule has 1 aromatic rings. The third kappa shape index (κ3) is 2.95. The van der Waals surface area contributed by atoms with Gasteiger partial charge in [0.15, 0.2) is 0 Å². The summed E-state index contributed by atoms with van der Waals surface area (Å²) in [7, 11) is -1.09. The van der Waals surface area contributed by atoms with E-state index in [1.165, 1.54) is 5.69 Å². The van der Waals surface area contributed by atoms with Gasteiger partial charge in [-0.1, -0.05) is 18.2 Å². The molecule has 0 heterocycles. The topological polar surface area (TPSA) is 12.0 Å². The molecule has 1 nitrogen and oxygen atoms in total. The average Bonchev–Trinajstić information content (AvgIpc) is 2.18. The Kier molecular flexibility index (Phi) is 4.16. The molecule has 0 aliphatic rings. The molecule has 1 N–H and O–H groups in total. The quantitative estimate of drug-likeness (QED) is 0.744. The summed E-state index contributed by atoms with van der Waals surface area (Å²) in [4.78, 5) is 0. The minimum absolute atomic E-state index is 0.720. The van der Waals surface area contributed by atoms with Crippen molar-refractivity contribution in [1.29, 1.82) is 0 Å². The summed E-state index contributed by atoms with van der Waals surface area (Å²) < 4.78 is 0. The SMILES string of the molecule is CC(C)[P+](C)(Nc1ccccc1)C(C)C. The van der Waals surface area contributed by atoms with E-state index in [9.17, 15) is 0 Å². The van der Waals surface area contributed by atoms with Gasteiger partial charge in [-0.15, -0.1) is 0 Å². The maximum Gasteiger partial charge on any atom is 0.104 e. The molecule has 0 fully saturated rings. The largest absolute Gasteiger partial charge is 0.261 e. The summed E-state index contributed by atoms with van der Waals surface area (Å²) >= 11 is 0. The first-order valence-electron chi connectivity index (χ1n) is 5.66. The first kappa shape index (κ1) is 12.5. The second-order valence-corrected chi connectivity index (χ2v) is 9.40. The minimum Gasteiger partial charge on any atom is -0.261 e. The second kappa shape index (κ2) is 4.99. The van der Waals surface area contributed by atoms with Gasteiger partial charge in [0.25, 0.3) is 0 Å². The van der Waals surface area contributed by atoms with Crippen LogP contribution < -0.4 is 5.09 Å². The van der Waals surface area contributed by atoms with Gasteiger partial charge in [0.1, 0.15) is 7.41 Å². The first-order valence-corrected chi connectivity index (χ1v) is 8.03. The van der Waals surface area contributed by atoms with Crippen LogP contribution in [0.4, 0.5) is 5.69 Å². The number of nitrogens with one attached hydrogen (secondary N) is 1. The van der Waals surface area contributed by atoms with Crippen LogP contribution in [0.15, 0.2) is 30.3 Å². The highest BCUT2D eigenvalue weighted by Gasteiger charge is 2.39. The lowest BCUT2D eigenvalue weighted by atomic mass is 10.3. The van der Waals surface area contributed by atoms with Crippen LogP contribution in [0, 0.1) is 0 Å². The lowest BCUT2D eigenvalue weighted by Crippen LogP contribution is -2.21.